The quantitative estimate of drug-likeness (QED) is 0.369. The van der Waals surface area contributed by atoms with Crippen LogP contribution in [0.15, 0.2) is 36.9 Å². The van der Waals surface area contributed by atoms with E-state index >= 15 is 0 Å². The number of nitrogens with one attached hydrogen (secondary N) is 1. The Hall–Kier alpha value is -1.10. The van der Waals surface area contributed by atoms with Crippen LogP contribution in [0.3, 0.4) is 0 Å². The van der Waals surface area contributed by atoms with Crippen molar-refractivity contribution in [3.05, 3.63) is 36.9 Å². The lowest BCUT2D eigenvalue weighted by atomic mass is 10.3. The maximum Gasteiger partial charge on any atom is 0.265 e. The molecule has 0 radical (unpaired) electrons. The zero-order valence-electron chi connectivity index (χ0n) is 10.7. The summed E-state index contributed by atoms with van der Waals surface area (Å²) in [5.74, 6) is 0.874. The van der Waals surface area contributed by atoms with Gasteiger partial charge in [-0.2, -0.15) is 0 Å². The first-order valence-corrected chi connectivity index (χ1v) is 6.72. The van der Waals surface area contributed by atoms with Gasteiger partial charge in [-0.25, -0.2) is 0 Å². The Morgan fingerprint density at radius 2 is 1.85 bits per heavy atom. The van der Waals surface area contributed by atoms with Crippen LogP contribution in [0.5, 0.6) is 11.5 Å². The molecule has 1 rings (SSSR count). The van der Waals surface area contributed by atoms with E-state index in [0.717, 1.165) is 5.75 Å². The van der Waals surface area contributed by atoms with Gasteiger partial charge in [-0.3, -0.25) is 5.41 Å². The highest BCUT2D eigenvalue weighted by Crippen LogP contribution is 2.28. The second kappa shape index (κ2) is 7.62. The first kappa shape index (κ1) is 17.0. The molecule has 0 saturated carbocycles. The summed E-state index contributed by atoms with van der Waals surface area (Å²) < 4.78 is 13.8. The fourth-order valence-electron chi connectivity index (χ4n) is 1.22. The Kier molecular flexibility index (Phi) is 6.46. The Bertz CT molecular complexity index is 457. The van der Waals surface area contributed by atoms with Crippen molar-refractivity contribution in [3.63, 3.8) is 0 Å². The van der Waals surface area contributed by atoms with E-state index in [1.165, 1.54) is 6.08 Å². The van der Waals surface area contributed by atoms with E-state index in [0.29, 0.717) is 5.75 Å². The van der Waals surface area contributed by atoms with Gasteiger partial charge in [0.15, 0.2) is 6.10 Å². The molecule has 0 aromatic heterocycles. The predicted molar refractivity (Wildman–Crippen MR) is 81.6 cm³/mol. The van der Waals surface area contributed by atoms with Gasteiger partial charge in [0.2, 0.25) is 5.90 Å². The van der Waals surface area contributed by atoms with Gasteiger partial charge in [-0.1, -0.05) is 41.4 Å². The van der Waals surface area contributed by atoms with Gasteiger partial charge in [0, 0.05) is 0 Å². The van der Waals surface area contributed by atoms with E-state index in [4.69, 9.17) is 54.4 Å². The summed E-state index contributed by atoms with van der Waals surface area (Å²) in [7, 11) is 1.58. The molecule has 1 unspecified atom stereocenters. The summed E-state index contributed by atoms with van der Waals surface area (Å²) in [5, 5.41) is 7.47. The van der Waals surface area contributed by atoms with Gasteiger partial charge in [0.05, 0.1) is 7.11 Å². The van der Waals surface area contributed by atoms with Crippen LogP contribution in [0, 0.1) is 5.41 Å². The molecule has 20 heavy (non-hydrogen) atoms. The summed E-state index contributed by atoms with van der Waals surface area (Å²) >= 11 is 16.6. The molecule has 0 heterocycles. The molecule has 0 saturated heterocycles. The number of halogens is 3. The van der Waals surface area contributed by atoms with Crippen LogP contribution in [-0.2, 0) is 4.74 Å². The lowest BCUT2D eigenvalue weighted by Gasteiger charge is -2.20. The molecule has 0 aliphatic carbocycles. The third-order valence-electron chi connectivity index (χ3n) is 2.26. The van der Waals surface area contributed by atoms with Crippen LogP contribution in [0.1, 0.15) is 0 Å². The second-order valence-electron chi connectivity index (χ2n) is 3.71. The molecule has 1 N–H and O–H groups in total. The van der Waals surface area contributed by atoms with Crippen LogP contribution in [-0.4, -0.2) is 29.5 Å². The normalized spacial score (nSPS) is 12.4. The number of methoxy groups -OCH3 is 1. The van der Waals surface area contributed by atoms with Gasteiger partial charge < -0.3 is 14.2 Å². The Balaban J connectivity index is 2.52. The molecule has 4 nitrogen and oxygen atoms in total. The topological polar surface area (TPSA) is 51.5 Å². The summed E-state index contributed by atoms with van der Waals surface area (Å²) in [5.41, 5.74) is 0. The number of alkyl halides is 3. The average molecular weight is 339 g/mol. The van der Waals surface area contributed by atoms with Crippen molar-refractivity contribution in [1.29, 1.82) is 5.41 Å². The average Bonchev–Trinajstić information content (AvgIpc) is 2.42. The summed E-state index contributed by atoms with van der Waals surface area (Å²) in [6.07, 6.45) is 0.870. The first-order valence-electron chi connectivity index (χ1n) is 5.58. The van der Waals surface area contributed by atoms with Crippen molar-refractivity contribution in [2.75, 3.05) is 13.7 Å². The molecule has 1 aromatic carbocycles. The van der Waals surface area contributed by atoms with Gasteiger partial charge in [0.1, 0.15) is 18.1 Å². The zero-order chi connectivity index (χ0) is 15.2. The van der Waals surface area contributed by atoms with Crippen LogP contribution in [0.4, 0.5) is 0 Å². The molecule has 110 valence electrons. The molecular weight excluding hydrogens is 325 g/mol. The minimum absolute atomic E-state index is 0.138. The van der Waals surface area contributed by atoms with Crippen molar-refractivity contribution in [1.82, 2.24) is 0 Å². The van der Waals surface area contributed by atoms with Crippen molar-refractivity contribution < 1.29 is 14.2 Å². The number of hydrogen-bond donors (Lipinski definition) is 1. The van der Waals surface area contributed by atoms with E-state index < -0.39 is 15.8 Å². The molecule has 0 aliphatic heterocycles. The van der Waals surface area contributed by atoms with Crippen LogP contribution in [0.2, 0.25) is 0 Å². The highest BCUT2D eigenvalue weighted by molar-refractivity contribution is 6.76. The number of ether oxygens (including phenoxy) is 3. The third-order valence-corrected chi connectivity index (χ3v) is 2.78. The molecule has 0 aliphatic rings. The third kappa shape index (κ3) is 5.49. The molecule has 1 atom stereocenters. The zero-order valence-corrected chi connectivity index (χ0v) is 13.0. The molecule has 0 amide bonds. The monoisotopic (exact) mass is 337 g/mol. The smallest absolute Gasteiger partial charge is 0.265 e. The largest absolute Gasteiger partial charge is 0.497 e. The highest BCUT2D eigenvalue weighted by Gasteiger charge is 2.30. The molecular formula is C13H14Cl3NO3. The molecule has 0 spiro atoms. The fourth-order valence-corrected chi connectivity index (χ4v) is 1.35. The lowest BCUT2D eigenvalue weighted by Crippen LogP contribution is -2.29. The summed E-state index contributed by atoms with van der Waals surface area (Å²) in [6.45, 7) is 3.72. The second-order valence-corrected chi connectivity index (χ2v) is 5.99. The van der Waals surface area contributed by atoms with E-state index in [2.05, 4.69) is 6.58 Å². The van der Waals surface area contributed by atoms with Crippen molar-refractivity contribution in [2.24, 2.45) is 0 Å². The number of rotatable bonds is 6. The van der Waals surface area contributed by atoms with Gasteiger partial charge in [0.25, 0.3) is 3.79 Å². The first-order chi connectivity index (χ1) is 9.36. The van der Waals surface area contributed by atoms with Gasteiger partial charge in [-0.05, 0) is 30.3 Å². The van der Waals surface area contributed by atoms with E-state index in [9.17, 15) is 0 Å². The molecule has 1 aromatic rings. The lowest BCUT2D eigenvalue weighted by molar-refractivity contribution is 0.151. The Labute approximate surface area is 132 Å². The van der Waals surface area contributed by atoms with Gasteiger partial charge in [-0.15, -0.1) is 0 Å². The van der Waals surface area contributed by atoms with Gasteiger partial charge >= 0.3 is 0 Å². The standard InChI is InChI=1S/C13H14Cl3NO3/c1-3-9(20-12(17)13(14,15)16)8-19-11-6-4-10(18-2)5-7-11/h3-7,9,17H,1,8H2,2H3. The van der Waals surface area contributed by atoms with Crippen LogP contribution in [0.25, 0.3) is 0 Å². The van der Waals surface area contributed by atoms with Crippen LogP contribution >= 0.6 is 34.8 Å². The number of hydrogen-bond acceptors (Lipinski definition) is 4. The van der Waals surface area contributed by atoms with Crippen LogP contribution < -0.4 is 9.47 Å². The maximum absolute atomic E-state index is 7.47. The Morgan fingerprint density at radius 1 is 1.30 bits per heavy atom. The van der Waals surface area contributed by atoms with Crippen molar-refractivity contribution >= 4 is 40.7 Å². The summed E-state index contributed by atoms with van der Waals surface area (Å²) in [6, 6.07) is 7.03. The van der Waals surface area contributed by atoms with E-state index in [-0.39, 0.29) is 6.61 Å². The maximum atomic E-state index is 7.47. The highest BCUT2D eigenvalue weighted by atomic mass is 35.6. The fraction of sp³-hybridized carbons (Fsp3) is 0.308. The minimum Gasteiger partial charge on any atom is -0.497 e. The number of benzene rings is 1. The Morgan fingerprint density at radius 3 is 2.30 bits per heavy atom. The van der Waals surface area contributed by atoms with Crippen molar-refractivity contribution in [3.8, 4) is 11.5 Å². The predicted octanol–water partition coefficient (Wildman–Crippen LogP) is 3.99. The molecule has 0 bridgehead atoms. The minimum atomic E-state index is -1.90. The van der Waals surface area contributed by atoms with Crippen molar-refractivity contribution in [2.45, 2.75) is 9.90 Å². The molecule has 7 heteroatoms. The molecule has 0 fully saturated rings. The SMILES string of the molecule is C=CC(COc1ccc(OC)cc1)OC(=N)C(Cl)(Cl)Cl. The van der Waals surface area contributed by atoms with E-state index in [1.807, 2.05) is 0 Å². The van der Waals surface area contributed by atoms with E-state index in [1.54, 1.807) is 31.4 Å². The summed E-state index contributed by atoms with van der Waals surface area (Å²) in [4.78, 5) is 0.